The van der Waals surface area contributed by atoms with Crippen molar-refractivity contribution in [3.8, 4) is 11.5 Å². The molecule has 1 saturated heterocycles. The van der Waals surface area contributed by atoms with Crippen molar-refractivity contribution in [2.45, 2.75) is 36.5 Å². The minimum absolute atomic E-state index is 0.160. The topological polar surface area (TPSA) is 52.9 Å². The van der Waals surface area contributed by atoms with E-state index in [-0.39, 0.29) is 17.3 Å². The highest BCUT2D eigenvalue weighted by molar-refractivity contribution is 5.61. The van der Waals surface area contributed by atoms with E-state index >= 15 is 0 Å². The average Bonchev–Trinajstić information content (AvgIpc) is 2.83. The third-order valence-corrected chi connectivity index (χ3v) is 6.15. The molecule has 0 aromatic heterocycles. The van der Waals surface area contributed by atoms with Crippen molar-refractivity contribution in [3.05, 3.63) is 35.4 Å². The first-order valence-electron chi connectivity index (χ1n) is 7.71. The summed E-state index contributed by atoms with van der Waals surface area (Å²) < 4.78 is 6.09. The van der Waals surface area contributed by atoms with Gasteiger partial charge in [0, 0.05) is 22.9 Å². The van der Waals surface area contributed by atoms with Crippen molar-refractivity contribution in [2.75, 3.05) is 13.6 Å². The Labute approximate surface area is 123 Å². The van der Waals surface area contributed by atoms with Crippen LogP contribution in [-0.4, -0.2) is 47.0 Å². The van der Waals surface area contributed by atoms with Crippen molar-refractivity contribution in [3.63, 3.8) is 0 Å². The van der Waals surface area contributed by atoms with Gasteiger partial charge in [0.05, 0.1) is 0 Å². The summed E-state index contributed by atoms with van der Waals surface area (Å²) in [4.78, 5) is 2.43. The summed E-state index contributed by atoms with van der Waals surface area (Å²) in [5.41, 5.74) is 2.29. The second-order valence-corrected chi connectivity index (χ2v) is 6.93. The largest absolute Gasteiger partial charge is 0.504 e. The maximum absolute atomic E-state index is 10.4. The van der Waals surface area contributed by atoms with E-state index in [1.807, 2.05) is 12.1 Å². The maximum Gasteiger partial charge on any atom is 0.165 e. The van der Waals surface area contributed by atoms with Crippen LogP contribution in [0, 0.1) is 5.92 Å². The van der Waals surface area contributed by atoms with E-state index in [0.29, 0.717) is 17.7 Å². The van der Waals surface area contributed by atoms with Gasteiger partial charge in [-0.15, -0.1) is 0 Å². The zero-order valence-corrected chi connectivity index (χ0v) is 12.0. The van der Waals surface area contributed by atoms with Gasteiger partial charge in [0.15, 0.2) is 11.5 Å². The van der Waals surface area contributed by atoms with Gasteiger partial charge in [-0.1, -0.05) is 18.2 Å². The summed E-state index contributed by atoms with van der Waals surface area (Å²) in [6.07, 6.45) is 5.18. The van der Waals surface area contributed by atoms with E-state index in [4.69, 9.17) is 4.74 Å². The van der Waals surface area contributed by atoms with Gasteiger partial charge in [0.2, 0.25) is 0 Å². The number of aliphatic hydroxyl groups excluding tert-OH is 1. The van der Waals surface area contributed by atoms with Gasteiger partial charge in [-0.05, 0) is 38.1 Å². The molecule has 110 valence electrons. The fourth-order valence-corrected chi connectivity index (χ4v) is 5.24. The quantitative estimate of drug-likeness (QED) is 0.703. The van der Waals surface area contributed by atoms with Crippen LogP contribution in [0.5, 0.6) is 11.5 Å². The van der Waals surface area contributed by atoms with Crippen molar-refractivity contribution in [1.82, 2.24) is 4.90 Å². The average molecular weight is 285 g/mol. The highest BCUT2D eigenvalue weighted by Gasteiger charge is 2.64. The molecule has 1 aromatic carbocycles. The highest BCUT2D eigenvalue weighted by Crippen LogP contribution is 2.62. The number of nitrogens with zero attached hydrogens (tertiary/aromatic N) is 1. The number of likely N-dealkylation sites (tertiary alicyclic amines) is 1. The van der Waals surface area contributed by atoms with Gasteiger partial charge >= 0.3 is 0 Å². The Hall–Kier alpha value is -1.52. The molecule has 5 rings (SSSR count). The molecule has 2 aliphatic heterocycles. The Kier molecular flexibility index (Phi) is 2.08. The minimum atomic E-state index is -0.594. The number of aliphatic hydroxyl groups is 1. The van der Waals surface area contributed by atoms with Gasteiger partial charge in [-0.25, -0.2) is 0 Å². The van der Waals surface area contributed by atoms with Crippen LogP contribution in [0.2, 0.25) is 0 Å². The molecule has 4 heteroatoms. The van der Waals surface area contributed by atoms with E-state index in [2.05, 4.69) is 18.0 Å². The number of phenols is 1. The summed E-state index contributed by atoms with van der Waals surface area (Å²) in [7, 11) is 2.19. The molecule has 0 radical (unpaired) electrons. The molecule has 0 saturated carbocycles. The second-order valence-electron chi connectivity index (χ2n) is 6.93. The predicted molar refractivity (Wildman–Crippen MR) is 77.6 cm³/mol. The predicted octanol–water partition coefficient (Wildman–Crippen LogP) is 1.20. The van der Waals surface area contributed by atoms with Crippen LogP contribution in [0.25, 0.3) is 0 Å². The van der Waals surface area contributed by atoms with Crippen LogP contribution in [-0.2, 0) is 11.8 Å². The van der Waals surface area contributed by atoms with Crippen molar-refractivity contribution in [1.29, 1.82) is 0 Å². The standard InChI is InChI=1S/C17H19NO3/c1-18-7-6-17-10-3-5-13(20)16(17)21-15-12(19)4-2-9(14(15)17)8-11(10)18/h2-5,10-11,13,16,19-20H,6-8H2,1H3/t10?,11-,13?,16+,17?/m1/s1. The van der Waals surface area contributed by atoms with E-state index in [1.165, 1.54) is 11.1 Å². The van der Waals surface area contributed by atoms with Crippen LogP contribution in [0.4, 0.5) is 0 Å². The van der Waals surface area contributed by atoms with Crippen LogP contribution in [0.1, 0.15) is 17.5 Å². The molecular formula is C17H19NO3. The number of aromatic hydroxyl groups is 1. The molecule has 3 unspecified atom stereocenters. The Morgan fingerprint density at radius 3 is 3.05 bits per heavy atom. The van der Waals surface area contributed by atoms with E-state index in [9.17, 15) is 10.2 Å². The first-order chi connectivity index (χ1) is 10.1. The molecule has 2 N–H and O–H groups in total. The van der Waals surface area contributed by atoms with E-state index in [1.54, 1.807) is 6.07 Å². The molecule has 1 spiro atoms. The molecule has 2 heterocycles. The van der Waals surface area contributed by atoms with Crippen molar-refractivity contribution < 1.29 is 14.9 Å². The van der Waals surface area contributed by atoms with Gasteiger partial charge < -0.3 is 19.8 Å². The molecule has 4 aliphatic rings. The Bertz CT molecular complexity index is 670. The van der Waals surface area contributed by atoms with E-state index in [0.717, 1.165) is 19.4 Å². The molecule has 1 aromatic rings. The number of hydrogen-bond acceptors (Lipinski definition) is 4. The van der Waals surface area contributed by atoms with Crippen molar-refractivity contribution >= 4 is 0 Å². The molecule has 4 nitrogen and oxygen atoms in total. The van der Waals surface area contributed by atoms with Crippen molar-refractivity contribution in [2.24, 2.45) is 5.92 Å². The summed E-state index contributed by atoms with van der Waals surface area (Å²) >= 11 is 0. The lowest BCUT2D eigenvalue weighted by molar-refractivity contribution is -0.0453. The van der Waals surface area contributed by atoms with Crippen LogP contribution < -0.4 is 4.74 Å². The SMILES string of the molecule is CN1CCC23c4c5ccc(O)c4O[C@H]2C(O)C=CC3[C@H]1C5. The van der Waals surface area contributed by atoms with Gasteiger partial charge in [0.25, 0.3) is 0 Å². The Morgan fingerprint density at radius 2 is 2.19 bits per heavy atom. The highest BCUT2D eigenvalue weighted by atomic mass is 16.5. The third-order valence-electron chi connectivity index (χ3n) is 6.15. The smallest absolute Gasteiger partial charge is 0.165 e. The summed E-state index contributed by atoms with van der Waals surface area (Å²) in [6.45, 7) is 1.01. The van der Waals surface area contributed by atoms with E-state index < -0.39 is 6.10 Å². The Balaban J connectivity index is 1.84. The van der Waals surface area contributed by atoms with Gasteiger partial charge in [0.1, 0.15) is 12.2 Å². The molecule has 5 atom stereocenters. The molecular weight excluding hydrogens is 266 g/mol. The van der Waals surface area contributed by atoms with Gasteiger partial charge in [-0.3, -0.25) is 0 Å². The van der Waals surface area contributed by atoms with Gasteiger partial charge in [-0.2, -0.15) is 0 Å². The minimum Gasteiger partial charge on any atom is -0.504 e. The van der Waals surface area contributed by atoms with Crippen LogP contribution >= 0.6 is 0 Å². The summed E-state index contributed by atoms with van der Waals surface area (Å²) in [5.74, 6) is 1.19. The summed E-state index contributed by atoms with van der Waals surface area (Å²) in [6, 6.07) is 4.23. The van der Waals surface area contributed by atoms with Crippen LogP contribution in [0.15, 0.2) is 24.3 Å². The number of rotatable bonds is 0. The molecule has 0 amide bonds. The number of piperidine rings is 1. The number of likely N-dealkylation sites (N-methyl/N-ethyl adjacent to an activating group) is 1. The number of phenolic OH excluding ortho intramolecular Hbond substituents is 1. The molecule has 2 bridgehead atoms. The number of benzene rings is 1. The number of ether oxygens (including phenoxy) is 1. The third kappa shape index (κ3) is 1.21. The lowest BCUT2D eigenvalue weighted by Crippen LogP contribution is -2.64. The molecule has 2 aliphatic carbocycles. The summed E-state index contributed by atoms with van der Waals surface area (Å²) in [5, 5.41) is 20.6. The normalized spacial score (nSPS) is 42.6. The fourth-order valence-electron chi connectivity index (χ4n) is 5.24. The Morgan fingerprint density at radius 1 is 1.33 bits per heavy atom. The molecule has 1 fully saturated rings. The number of hydrogen-bond donors (Lipinski definition) is 2. The first-order valence-corrected chi connectivity index (χ1v) is 7.71. The fraction of sp³-hybridized carbons (Fsp3) is 0.529. The van der Waals surface area contributed by atoms with Crippen LogP contribution in [0.3, 0.4) is 0 Å². The zero-order chi connectivity index (χ0) is 14.4. The first kappa shape index (κ1) is 12.1. The molecule has 21 heavy (non-hydrogen) atoms. The lowest BCUT2D eigenvalue weighted by atomic mass is 9.53. The lowest BCUT2D eigenvalue weighted by Gasteiger charge is -2.56. The monoisotopic (exact) mass is 285 g/mol. The second kappa shape index (κ2) is 3.62. The maximum atomic E-state index is 10.4. The zero-order valence-electron chi connectivity index (χ0n) is 12.0.